The van der Waals surface area contributed by atoms with Crippen LogP contribution >= 0.6 is 0 Å². The molecule has 0 saturated carbocycles. The summed E-state index contributed by atoms with van der Waals surface area (Å²) in [6.07, 6.45) is 1.81. The Balaban J connectivity index is 0.000000114. The third kappa shape index (κ3) is 18.9. The first-order chi connectivity index (χ1) is 50.0. The van der Waals surface area contributed by atoms with Crippen molar-refractivity contribution in [3.8, 4) is 44.6 Å². The monoisotopic (exact) mass is 1300 g/mol. The summed E-state index contributed by atoms with van der Waals surface area (Å²) in [7, 11) is 0. The van der Waals surface area contributed by atoms with Crippen LogP contribution in [0.5, 0.6) is 0 Å². The quantitative estimate of drug-likeness (QED) is 0.0747. The Morgan fingerprint density at radius 3 is 0.921 bits per heavy atom. The minimum Gasteiger partial charge on any atom is -0.356 e. The predicted octanol–water partition coefficient (Wildman–Crippen LogP) is 26.7. The van der Waals surface area contributed by atoms with Gasteiger partial charge in [-0.25, -0.2) is 0 Å². The number of aromatic nitrogens is 1. The molecule has 0 aliphatic heterocycles. The van der Waals surface area contributed by atoms with Crippen LogP contribution in [0, 0.1) is 0 Å². The van der Waals surface area contributed by atoms with Crippen LogP contribution in [-0.4, -0.2) is 4.98 Å². The maximum Gasteiger partial charge on any atom is 0.0701 e. The second-order valence-corrected chi connectivity index (χ2v) is 24.0. The molecule has 0 bridgehead atoms. The van der Waals surface area contributed by atoms with Crippen LogP contribution in [0.3, 0.4) is 0 Å². The van der Waals surface area contributed by atoms with E-state index < -0.39 is 0 Å². The first-order valence-electron chi connectivity index (χ1n) is 34.0. The molecule has 17 rings (SSSR count). The second-order valence-electron chi connectivity index (χ2n) is 24.0. The Morgan fingerprint density at radius 2 is 0.455 bits per heavy atom. The highest BCUT2D eigenvalue weighted by atomic mass is 14.9. The number of hydrogen-bond acceptors (Lipinski definition) is 6. The molecule has 6 nitrogen and oxygen atoms in total. The summed E-state index contributed by atoms with van der Waals surface area (Å²) >= 11 is 0. The first kappa shape index (κ1) is 66.1. The Kier molecular flexibility index (Phi) is 22.5. The lowest BCUT2D eigenvalue weighted by Crippen LogP contribution is -1.91. The summed E-state index contributed by atoms with van der Waals surface area (Å²) in [5.41, 5.74) is 20.6. The summed E-state index contributed by atoms with van der Waals surface area (Å²) in [5, 5.41) is 24.7. The molecule has 17 aromatic rings. The van der Waals surface area contributed by atoms with Crippen molar-refractivity contribution in [2.45, 2.75) is 0 Å². The van der Waals surface area contributed by atoms with Crippen LogP contribution < -0.4 is 26.6 Å². The molecule has 16 aromatic carbocycles. The van der Waals surface area contributed by atoms with Crippen molar-refractivity contribution in [2.75, 3.05) is 26.6 Å². The lowest BCUT2D eigenvalue weighted by molar-refractivity contribution is 1.33. The molecule has 5 N–H and O–H groups in total. The van der Waals surface area contributed by atoms with Crippen molar-refractivity contribution in [3.63, 3.8) is 0 Å². The Labute approximate surface area is 592 Å². The summed E-state index contributed by atoms with van der Waals surface area (Å²) in [6, 6.07) is 146. The summed E-state index contributed by atoms with van der Waals surface area (Å²) in [4.78, 5) is 4.34. The zero-order valence-corrected chi connectivity index (χ0v) is 55.9. The van der Waals surface area contributed by atoms with Gasteiger partial charge in [0.05, 0.1) is 5.69 Å². The molecule has 0 saturated heterocycles. The number of benzene rings is 16. The van der Waals surface area contributed by atoms with E-state index >= 15 is 0 Å². The second kappa shape index (κ2) is 34.4. The van der Waals surface area contributed by atoms with Gasteiger partial charge in [0.15, 0.2) is 0 Å². The van der Waals surface area contributed by atoms with E-state index in [1.54, 1.807) is 0 Å². The number of nitrogens with zero attached hydrogens (tertiary/aromatic N) is 1. The molecule has 0 unspecified atom stereocenters. The van der Waals surface area contributed by atoms with Gasteiger partial charge in [-0.3, -0.25) is 4.98 Å². The molecule has 0 atom stereocenters. The third-order valence-electron chi connectivity index (χ3n) is 16.9. The molecule has 0 fully saturated rings. The highest BCUT2D eigenvalue weighted by Gasteiger charge is 2.06. The Bertz CT molecular complexity index is 5190. The number of anilines is 10. The van der Waals surface area contributed by atoms with Gasteiger partial charge in [-0.15, -0.1) is 0 Å². The van der Waals surface area contributed by atoms with Gasteiger partial charge in [0.2, 0.25) is 0 Å². The SMILES string of the molecule is c1ccc(-c2ccc(Nc3cccc(-c4ccccc4)c3)cc2)cc1.c1ccc(Nc2ccc(-c3ccccc3)cc2)cc1.c1ccc(Nc2ccc(-c3ccccn3)cc2)cc1.c1ccc(Nc2cccc3ccccc23)cc1.c1ccc2cc(Nc3cccc4ccccc34)ccc2c1. The van der Waals surface area contributed by atoms with Crippen molar-refractivity contribution in [2.24, 2.45) is 0 Å². The average molecular weight is 1300 g/mol. The molecule has 0 radical (unpaired) electrons. The Hall–Kier alpha value is -13.6. The van der Waals surface area contributed by atoms with Gasteiger partial charge < -0.3 is 26.6 Å². The van der Waals surface area contributed by atoms with Crippen LogP contribution in [0.25, 0.3) is 77.0 Å². The minimum atomic E-state index is 0.994. The van der Waals surface area contributed by atoms with E-state index in [0.29, 0.717) is 0 Å². The van der Waals surface area contributed by atoms with Gasteiger partial charge in [-0.2, -0.15) is 0 Å². The molecule has 1 heterocycles. The molecule has 101 heavy (non-hydrogen) atoms. The molecule has 486 valence electrons. The zero-order chi connectivity index (χ0) is 68.3. The fourth-order valence-corrected chi connectivity index (χ4v) is 11.7. The molecule has 0 amide bonds. The summed E-state index contributed by atoms with van der Waals surface area (Å²) in [6.45, 7) is 0. The molecule has 0 aliphatic carbocycles. The van der Waals surface area contributed by atoms with Gasteiger partial charge in [0.25, 0.3) is 0 Å². The number of para-hydroxylation sites is 3. The van der Waals surface area contributed by atoms with Crippen molar-refractivity contribution in [1.82, 2.24) is 4.98 Å². The Morgan fingerprint density at radius 1 is 0.158 bits per heavy atom. The average Bonchev–Trinajstić information content (AvgIpc) is 0.836. The normalized spacial score (nSPS) is 10.4. The molecule has 0 spiro atoms. The zero-order valence-electron chi connectivity index (χ0n) is 55.9. The van der Waals surface area contributed by atoms with E-state index in [4.69, 9.17) is 0 Å². The largest absolute Gasteiger partial charge is 0.356 e. The van der Waals surface area contributed by atoms with Crippen LogP contribution in [0.2, 0.25) is 0 Å². The molecule has 0 aliphatic rings. The van der Waals surface area contributed by atoms with Crippen molar-refractivity contribution >= 4 is 89.2 Å². The van der Waals surface area contributed by atoms with E-state index in [2.05, 4.69) is 353 Å². The van der Waals surface area contributed by atoms with E-state index in [1.165, 1.54) is 65.7 Å². The maximum atomic E-state index is 4.34. The highest BCUT2D eigenvalue weighted by Crippen LogP contribution is 2.32. The lowest BCUT2D eigenvalue weighted by atomic mass is 10.0. The minimum absolute atomic E-state index is 0.994. The van der Waals surface area contributed by atoms with Crippen molar-refractivity contribution < 1.29 is 0 Å². The third-order valence-corrected chi connectivity index (χ3v) is 16.9. The van der Waals surface area contributed by atoms with Gasteiger partial charge in [-0.05, 0) is 176 Å². The summed E-state index contributed by atoms with van der Waals surface area (Å²) in [5.74, 6) is 0. The van der Waals surface area contributed by atoms with Gasteiger partial charge >= 0.3 is 0 Å². The number of hydrogen-bond donors (Lipinski definition) is 5. The van der Waals surface area contributed by atoms with Gasteiger partial charge in [0.1, 0.15) is 0 Å². The molecular formula is C95H76N6. The van der Waals surface area contributed by atoms with Gasteiger partial charge in [-0.1, -0.05) is 303 Å². The van der Waals surface area contributed by atoms with E-state index in [9.17, 15) is 0 Å². The highest BCUT2D eigenvalue weighted by molar-refractivity contribution is 5.97. The van der Waals surface area contributed by atoms with Crippen LogP contribution in [-0.2, 0) is 0 Å². The molecule has 1 aromatic heterocycles. The lowest BCUT2D eigenvalue weighted by Gasteiger charge is -2.10. The smallest absolute Gasteiger partial charge is 0.0701 e. The van der Waals surface area contributed by atoms with Gasteiger partial charge in [0, 0.05) is 79.4 Å². The van der Waals surface area contributed by atoms with E-state index in [0.717, 1.165) is 68.1 Å². The number of nitrogens with one attached hydrogen (secondary N) is 5. The van der Waals surface area contributed by atoms with Crippen molar-refractivity contribution in [1.29, 1.82) is 0 Å². The van der Waals surface area contributed by atoms with Crippen LogP contribution in [0.4, 0.5) is 56.9 Å². The van der Waals surface area contributed by atoms with E-state index in [1.807, 2.05) is 109 Å². The fourth-order valence-electron chi connectivity index (χ4n) is 11.7. The molecule has 6 heteroatoms. The number of rotatable bonds is 14. The van der Waals surface area contributed by atoms with E-state index in [-0.39, 0.29) is 0 Å². The number of pyridine rings is 1. The van der Waals surface area contributed by atoms with Crippen LogP contribution in [0.1, 0.15) is 0 Å². The summed E-state index contributed by atoms with van der Waals surface area (Å²) < 4.78 is 0. The van der Waals surface area contributed by atoms with Crippen LogP contribution in [0.15, 0.2) is 431 Å². The number of fused-ring (bicyclic) bond motifs is 3. The topological polar surface area (TPSA) is 73.0 Å². The predicted molar refractivity (Wildman–Crippen MR) is 433 cm³/mol. The standard InChI is InChI=1S/C24H19N.C20H15N.C18H15N.C17H14N2.C16H13N/c1-3-8-19(9-4-1)21-14-16-23(17-15-21)25-24-13-7-12-22(18-24)20-10-5-2-6-11-20;1-2-8-17-14-18(13-12-15(17)6-1)21-20-11-5-9-16-7-3-4-10-19(16)20;1-3-7-15(8-4-1)16-11-13-18(14-12-16)19-17-9-5-2-6-10-17;1-2-6-15(7-3-1)19-16-11-9-14(10-12-16)17-8-4-5-13-18-17;1-2-9-14(10-3-1)17-16-12-6-8-13-7-4-5-11-15(13)16/h1-18,25H;1-14,21H;1-14,19H;1-13,19H;1-12,17H. The van der Waals surface area contributed by atoms with Crippen molar-refractivity contribution in [3.05, 3.63) is 431 Å². The first-order valence-corrected chi connectivity index (χ1v) is 34.0. The molecular weight excluding hydrogens is 1230 g/mol. The maximum absolute atomic E-state index is 4.34. The fraction of sp³-hybridized carbons (Fsp3) is 0.